The Morgan fingerprint density at radius 1 is 1.55 bits per heavy atom. The Morgan fingerprint density at radius 3 is 2.95 bits per heavy atom. The van der Waals surface area contributed by atoms with Crippen LogP contribution < -0.4 is 5.32 Å². The molecule has 0 bridgehead atoms. The van der Waals surface area contributed by atoms with Crippen LogP contribution in [0.5, 0.6) is 0 Å². The van der Waals surface area contributed by atoms with Gasteiger partial charge in [0.25, 0.3) is 5.91 Å². The molecule has 4 nitrogen and oxygen atoms in total. The molecule has 0 aliphatic heterocycles. The second kappa shape index (κ2) is 6.64. The second-order valence-electron chi connectivity index (χ2n) is 5.94. The van der Waals surface area contributed by atoms with E-state index in [0.29, 0.717) is 23.2 Å². The summed E-state index contributed by atoms with van der Waals surface area (Å²) in [7, 11) is 0. The van der Waals surface area contributed by atoms with Crippen molar-refractivity contribution >= 4 is 17.5 Å². The summed E-state index contributed by atoms with van der Waals surface area (Å²) in [6, 6.07) is 1.90. The van der Waals surface area contributed by atoms with Gasteiger partial charge in [0, 0.05) is 18.8 Å². The molecule has 2 atom stereocenters. The maximum Gasteiger partial charge on any atom is 0.267 e. The quantitative estimate of drug-likeness (QED) is 0.898. The first-order valence-corrected chi connectivity index (χ1v) is 7.68. The summed E-state index contributed by atoms with van der Waals surface area (Å²) >= 11 is 5.99. The third kappa shape index (κ3) is 3.76. The van der Waals surface area contributed by atoms with E-state index in [0.717, 1.165) is 25.7 Å². The average molecular weight is 299 g/mol. The lowest BCUT2D eigenvalue weighted by Gasteiger charge is -2.26. The van der Waals surface area contributed by atoms with Crippen LogP contribution in [-0.2, 0) is 0 Å². The number of carbonyl (C=O) groups is 1. The van der Waals surface area contributed by atoms with E-state index in [4.69, 9.17) is 11.6 Å². The molecule has 1 saturated carbocycles. The minimum absolute atomic E-state index is 0.0920. The topological polar surface area (TPSA) is 54.3 Å². The van der Waals surface area contributed by atoms with Gasteiger partial charge in [0.2, 0.25) is 0 Å². The van der Waals surface area contributed by atoms with Gasteiger partial charge in [-0.25, -0.2) is 0 Å². The molecule has 1 aromatic rings. The molecule has 112 valence electrons. The van der Waals surface area contributed by atoms with E-state index in [1.54, 1.807) is 12.3 Å². The molecule has 1 heterocycles. The molecular weight excluding hydrogens is 276 g/mol. The molecule has 20 heavy (non-hydrogen) atoms. The van der Waals surface area contributed by atoms with Crippen molar-refractivity contribution in [1.82, 2.24) is 9.88 Å². The van der Waals surface area contributed by atoms with Crippen LogP contribution >= 0.6 is 11.6 Å². The van der Waals surface area contributed by atoms with Crippen molar-refractivity contribution in [2.45, 2.75) is 51.7 Å². The standard InChI is InChI=1S/C15H23ClN2O2/c1-10(2)18-9-12(16)7-14(18)15(20)17-8-11-4-3-5-13(19)6-11/h7,9-11,13,19H,3-6,8H2,1-2H3,(H,17,20). The summed E-state index contributed by atoms with van der Waals surface area (Å²) in [5, 5.41) is 13.2. The fourth-order valence-corrected chi connectivity index (χ4v) is 3.04. The molecule has 1 aromatic heterocycles. The third-order valence-corrected chi connectivity index (χ3v) is 4.12. The fraction of sp³-hybridized carbons (Fsp3) is 0.667. The lowest BCUT2D eigenvalue weighted by Crippen LogP contribution is -2.34. The molecule has 0 saturated heterocycles. The number of hydrogen-bond donors (Lipinski definition) is 2. The summed E-state index contributed by atoms with van der Waals surface area (Å²) < 4.78 is 1.88. The molecule has 1 fully saturated rings. The molecule has 5 heteroatoms. The Hall–Kier alpha value is -1.00. The van der Waals surface area contributed by atoms with Gasteiger partial charge in [-0.05, 0) is 45.1 Å². The first kappa shape index (κ1) is 15.4. The molecule has 2 N–H and O–H groups in total. The Balaban J connectivity index is 1.95. The zero-order valence-corrected chi connectivity index (χ0v) is 12.9. The van der Waals surface area contributed by atoms with Crippen molar-refractivity contribution in [3.8, 4) is 0 Å². The predicted octanol–water partition coefficient (Wildman–Crippen LogP) is 3.00. The smallest absolute Gasteiger partial charge is 0.267 e. The Bertz CT molecular complexity index is 470. The van der Waals surface area contributed by atoms with Gasteiger partial charge in [-0.3, -0.25) is 4.79 Å². The lowest BCUT2D eigenvalue weighted by atomic mass is 9.87. The summed E-state index contributed by atoms with van der Waals surface area (Å²) in [6.07, 6.45) is 5.35. The molecule has 1 aliphatic rings. The van der Waals surface area contributed by atoms with E-state index in [-0.39, 0.29) is 18.1 Å². The van der Waals surface area contributed by atoms with E-state index in [2.05, 4.69) is 5.32 Å². The van der Waals surface area contributed by atoms with Crippen LogP contribution in [0.4, 0.5) is 0 Å². The minimum Gasteiger partial charge on any atom is -0.393 e. The molecule has 0 aromatic carbocycles. The number of nitrogens with zero attached hydrogens (tertiary/aromatic N) is 1. The van der Waals surface area contributed by atoms with Crippen molar-refractivity contribution < 1.29 is 9.90 Å². The highest BCUT2D eigenvalue weighted by molar-refractivity contribution is 6.31. The van der Waals surface area contributed by atoms with Gasteiger partial charge < -0.3 is 15.0 Å². The highest BCUT2D eigenvalue weighted by Crippen LogP contribution is 2.24. The van der Waals surface area contributed by atoms with Gasteiger partial charge in [0.05, 0.1) is 11.1 Å². The summed E-state index contributed by atoms with van der Waals surface area (Å²) in [4.78, 5) is 12.3. The van der Waals surface area contributed by atoms with Crippen LogP contribution in [0.1, 0.15) is 56.1 Å². The monoisotopic (exact) mass is 298 g/mol. The predicted molar refractivity (Wildman–Crippen MR) is 80.1 cm³/mol. The Kier molecular flexibility index (Phi) is 5.11. The highest BCUT2D eigenvalue weighted by atomic mass is 35.5. The normalized spacial score (nSPS) is 23.1. The van der Waals surface area contributed by atoms with Gasteiger partial charge in [0.1, 0.15) is 5.69 Å². The third-order valence-electron chi connectivity index (χ3n) is 3.91. The van der Waals surface area contributed by atoms with Crippen LogP contribution in [0.25, 0.3) is 0 Å². The van der Waals surface area contributed by atoms with E-state index in [9.17, 15) is 9.90 Å². The number of amides is 1. The molecule has 1 amide bonds. The number of halogens is 1. The van der Waals surface area contributed by atoms with Crippen molar-refractivity contribution in [1.29, 1.82) is 0 Å². The van der Waals surface area contributed by atoms with Gasteiger partial charge >= 0.3 is 0 Å². The largest absolute Gasteiger partial charge is 0.393 e. The van der Waals surface area contributed by atoms with E-state index in [1.807, 2.05) is 18.4 Å². The van der Waals surface area contributed by atoms with Crippen molar-refractivity contribution in [2.24, 2.45) is 5.92 Å². The number of aliphatic hydroxyl groups is 1. The van der Waals surface area contributed by atoms with Crippen molar-refractivity contribution in [2.75, 3.05) is 6.54 Å². The first-order chi connectivity index (χ1) is 9.47. The SMILES string of the molecule is CC(C)n1cc(Cl)cc1C(=O)NCC1CCCC(O)C1. The zero-order chi connectivity index (χ0) is 14.7. The van der Waals surface area contributed by atoms with Crippen LogP contribution in [0, 0.1) is 5.92 Å². The molecule has 0 radical (unpaired) electrons. The molecule has 2 unspecified atom stereocenters. The number of aromatic nitrogens is 1. The molecule has 0 spiro atoms. The maximum absolute atomic E-state index is 12.3. The van der Waals surface area contributed by atoms with Crippen molar-refractivity contribution in [3.63, 3.8) is 0 Å². The van der Waals surface area contributed by atoms with Gasteiger partial charge in [-0.1, -0.05) is 18.0 Å². The molecule has 2 rings (SSSR count). The first-order valence-electron chi connectivity index (χ1n) is 7.31. The number of rotatable bonds is 4. The fourth-order valence-electron chi connectivity index (χ4n) is 2.83. The van der Waals surface area contributed by atoms with E-state index >= 15 is 0 Å². The second-order valence-corrected chi connectivity index (χ2v) is 6.38. The zero-order valence-electron chi connectivity index (χ0n) is 12.1. The molecule has 1 aliphatic carbocycles. The number of carbonyl (C=O) groups excluding carboxylic acids is 1. The van der Waals surface area contributed by atoms with Gasteiger partial charge in [0.15, 0.2) is 0 Å². The van der Waals surface area contributed by atoms with Gasteiger partial charge in [-0.2, -0.15) is 0 Å². The van der Waals surface area contributed by atoms with Crippen LogP contribution in [-0.4, -0.2) is 28.2 Å². The van der Waals surface area contributed by atoms with Gasteiger partial charge in [-0.15, -0.1) is 0 Å². The number of nitrogens with one attached hydrogen (secondary N) is 1. The summed E-state index contributed by atoms with van der Waals surface area (Å²) in [5.74, 6) is 0.284. The Labute approximate surface area is 125 Å². The highest BCUT2D eigenvalue weighted by Gasteiger charge is 2.21. The Morgan fingerprint density at radius 2 is 2.30 bits per heavy atom. The summed E-state index contributed by atoms with van der Waals surface area (Å²) in [6.45, 7) is 4.66. The number of aliphatic hydroxyl groups excluding tert-OH is 1. The van der Waals surface area contributed by atoms with Crippen molar-refractivity contribution in [3.05, 3.63) is 23.0 Å². The average Bonchev–Trinajstić information content (AvgIpc) is 2.78. The minimum atomic E-state index is -0.209. The summed E-state index contributed by atoms with van der Waals surface area (Å²) in [5.41, 5.74) is 0.598. The van der Waals surface area contributed by atoms with E-state index in [1.165, 1.54) is 0 Å². The maximum atomic E-state index is 12.3. The molecular formula is C15H23ClN2O2. The van der Waals surface area contributed by atoms with Crippen LogP contribution in [0.3, 0.4) is 0 Å². The van der Waals surface area contributed by atoms with Crippen LogP contribution in [0.2, 0.25) is 5.02 Å². The van der Waals surface area contributed by atoms with Crippen LogP contribution in [0.15, 0.2) is 12.3 Å². The lowest BCUT2D eigenvalue weighted by molar-refractivity contribution is 0.0866. The number of hydrogen-bond acceptors (Lipinski definition) is 2. The van der Waals surface area contributed by atoms with E-state index < -0.39 is 0 Å².